The number of benzene rings is 2. The molecule has 0 heterocycles. The molecule has 6 heteroatoms. The highest BCUT2D eigenvalue weighted by molar-refractivity contribution is 6.04. The lowest BCUT2D eigenvalue weighted by Crippen LogP contribution is -2.12. The van der Waals surface area contributed by atoms with Crippen molar-refractivity contribution in [1.82, 2.24) is 0 Å². The molecule has 2 N–H and O–H groups in total. The maximum Gasteiger partial charge on any atom is 0.255 e. The zero-order valence-corrected chi connectivity index (χ0v) is 11.5. The largest absolute Gasteiger partial charge is 0.505 e. The molecule has 0 aliphatic rings. The molecule has 0 aliphatic carbocycles. The van der Waals surface area contributed by atoms with Crippen LogP contribution < -0.4 is 14.8 Å². The van der Waals surface area contributed by atoms with Gasteiger partial charge >= 0.3 is 0 Å². The van der Waals surface area contributed by atoms with Crippen molar-refractivity contribution in [3.8, 4) is 17.2 Å². The molecule has 0 spiro atoms. The molecule has 21 heavy (non-hydrogen) atoms. The summed E-state index contributed by atoms with van der Waals surface area (Å²) in [5.41, 5.74) is 0.575. The van der Waals surface area contributed by atoms with Gasteiger partial charge in [-0.25, -0.2) is 4.39 Å². The van der Waals surface area contributed by atoms with Gasteiger partial charge in [0.05, 0.1) is 14.2 Å². The number of amides is 1. The Balaban J connectivity index is 2.21. The molecule has 0 saturated carbocycles. The summed E-state index contributed by atoms with van der Waals surface area (Å²) in [4.78, 5) is 12.1. The molecule has 0 fully saturated rings. The molecule has 0 bridgehead atoms. The monoisotopic (exact) mass is 291 g/mol. The van der Waals surface area contributed by atoms with E-state index in [-0.39, 0.29) is 5.69 Å². The van der Waals surface area contributed by atoms with Gasteiger partial charge in [0.15, 0.2) is 23.1 Å². The summed E-state index contributed by atoms with van der Waals surface area (Å²) in [6, 6.07) is 8.29. The van der Waals surface area contributed by atoms with E-state index in [0.717, 1.165) is 6.07 Å². The standard InChI is InChI=1S/C15H14FNO4/c1-20-13-6-3-9(7-14(13)21-2)15(19)17-10-4-5-12(18)11(16)8-10/h3-8,18H,1-2H3,(H,17,19). The number of aromatic hydroxyl groups is 1. The molecule has 0 radical (unpaired) electrons. The summed E-state index contributed by atoms with van der Waals surface area (Å²) in [6.45, 7) is 0. The SMILES string of the molecule is COc1ccc(C(=O)Nc2ccc(O)c(F)c2)cc1OC. The van der Waals surface area contributed by atoms with Gasteiger partial charge in [0, 0.05) is 17.3 Å². The highest BCUT2D eigenvalue weighted by Crippen LogP contribution is 2.28. The third kappa shape index (κ3) is 3.22. The van der Waals surface area contributed by atoms with Crippen molar-refractivity contribution in [2.75, 3.05) is 19.5 Å². The van der Waals surface area contributed by atoms with Crippen LogP contribution in [0.25, 0.3) is 0 Å². The minimum atomic E-state index is -0.805. The zero-order valence-electron chi connectivity index (χ0n) is 11.5. The van der Waals surface area contributed by atoms with Crippen LogP contribution in [0.2, 0.25) is 0 Å². The number of rotatable bonds is 4. The number of methoxy groups -OCH3 is 2. The Morgan fingerprint density at radius 2 is 1.81 bits per heavy atom. The highest BCUT2D eigenvalue weighted by Gasteiger charge is 2.11. The van der Waals surface area contributed by atoms with Gasteiger partial charge in [-0.1, -0.05) is 0 Å². The Hall–Kier alpha value is -2.76. The number of hydrogen-bond donors (Lipinski definition) is 2. The first-order chi connectivity index (χ1) is 10.0. The van der Waals surface area contributed by atoms with Crippen molar-refractivity contribution >= 4 is 11.6 Å². The predicted molar refractivity (Wildman–Crippen MR) is 75.6 cm³/mol. The van der Waals surface area contributed by atoms with Crippen LogP contribution in [0.1, 0.15) is 10.4 Å². The average Bonchev–Trinajstić information content (AvgIpc) is 2.50. The van der Waals surface area contributed by atoms with Gasteiger partial charge in [0.1, 0.15) is 0 Å². The van der Waals surface area contributed by atoms with Crippen molar-refractivity contribution < 1.29 is 23.8 Å². The summed E-state index contributed by atoms with van der Waals surface area (Å²) >= 11 is 0. The lowest BCUT2D eigenvalue weighted by atomic mass is 10.2. The van der Waals surface area contributed by atoms with Crippen LogP contribution in [0.5, 0.6) is 17.2 Å². The molecular formula is C15H14FNO4. The maximum atomic E-state index is 13.2. The van der Waals surface area contributed by atoms with Crippen molar-refractivity contribution in [3.63, 3.8) is 0 Å². The van der Waals surface area contributed by atoms with Gasteiger partial charge in [-0.05, 0) is 30.3 Å². The Morgan fingerprint density at radius 1 is 1.10 bits per heavy atom. The minimum absolute atomic E-state index is 0.241. The number of carbonyl (C=O) groups is 1. The Labute approximate surface area is 120 Å². The van der Waals surface area contributed by atoms with Crippen LogP contribution in [0.4, 0.5) is 10.1 Å². The van der Waals surface area contributed by atoms with Crippen LogP contribution in [0.3, 0.4) is 0 Å². The summed E-state index contributed by atoms with van der Waals surface area (Å²) in [5, 5.41) is 11.6. The molecule has 1 amide bonds. The van der Waals surface area contributed by atoms with E-state index in [9.17, 15) is 9.18 Å². The fourth-order valence-corrected chi connectivity index (χ4v) is 1.77. The van der Waals surface area contributed by atoms with Gasteiger partial charge in [-0.15, -0.1) is 0 Å². The normalized spacial score (nSPS) is 10.0. The second-order valence-corrected chi connectivity index (χ2v) is 4.19. The van der Waals surface area contributed by atoms with E-state index in [0.29, 0.717) is 17.1 Å². The molecule has 0 aliphatic heterocycles. The second-order valence-electron chi connectivity index (χ2n) is 4.19. The van der Waals surface area contributed by atoms with Gasteiger partial charge in [0.2, 0.25) is 0 Å². The smallest absolute Gasteiger partial charge is 0.255 e. The summed E-state index contributed by atoms with van der Waals surface area (Å²) < 4.78 is 23.4. The quantitative estimate of drug-likeness (QED) is 0.850. The van der Waals surface area contributed by atoms with E-state index in [1.165, 1.54) is 32.4 Å². The first-order valence-electron chi connectivity index (χ1n) is 6.07. The topological polar surface area (TPSA) is 67.8 Å². The number of phenols is 1. The lowest BCUT2D eigenvalue weighted by Gasteiger charge is -2.10. The van der Waals surface area contributed by atoms with Crippen LogP contribution in [-0.2, 0) is 0 Å². The van der Waals surface area contributed by atoms with E-state index in [1.54, 1.807) is 12.1 Å². The van der Waals surface area contributed by atoms with Crippen molar-refractivity contribution in [2.45, 2.75) is 0 Å². The number of halogens is 1. The molecular weight excluding hydrogens is 277 g/mol. The van der Waals surface area contributed by atoms with E-state index in [1.807, 2.05) is 0 Å². The van der Waals surface area contributed by atoms with E-state index >= 15 is 0 Å². The fourth-order valence-electron chi connectivity index (χ4n) is 1.77. The van der Waals surface area contributed by atoms with Crippen LogP contribution in [0, 0.1) is 5.82 Å². The fraction of sp³-hybridized carbons (Fsp3) is 0.133. The molecule has 110 valence electrons. The Bertz CT molecular complexity index is 673. The molecule has 2 aromatic rings. The molecule has 0 atom stereocenters. The van der Waals surface area contributed by atoms with Gasteiger partial charge < -0.3 is 19.9 Å². The maximum absolute atomic E-state index is 13.2. The Morgan fingerprint density at radius 3 is 2.43 bits per heavy atom. The summed E-state index contributed by atoms with van der Waals surface area (Å²) in [5.74, 6) is -0.785. The molecule has 2 rings (SSSR count). The van der Waals surface area contributed by atoms with E-state index in [2.05, 4.69) is 5.32 Å². The Kier molecular flexibility index (Phi) is 4.27. The lowest BCUT2D eigenvalue weighted by molar-refractivity contribution is 0.102. The van der Waals surface area contributed by atoms with E-state index < -0.39 is 17.5 Å². The molecule has 5 nitrogen and oxygen atoms in total. The van der Waals surface area contributed by atoms with Gasteiger partial charge in [-0.3, -0.25) is 4.79 Å². The third-order valence-corrected chi connectivity index (χ3v) is 2.85. The highest BCUT2D eigenvalue weighted by atomic mass is 19.1. The van der Waals surface area contributed by atoms with Crippen molar-refractivity contribution in [1.29, 1.82) is 0 Å². The first kappa shape index (κ1) is 14.6. The molecule has 0 unspecified atom stereocenters. The number of anilines is 1. The van der Waals surface area contributed by atoms with Crippen molar-refractivity contribution in [2.24, 2.45) is 0 Å². The molecule has 2 aromatic carbocycles. The third-order valence-electron chi connectivity index (χ3n) is 2.85. The number of carbonyl (C=O) groups excluding carboxylic acids is 1. The zero-order chi connectivity index (χ0) is 15.4. The number of nitrogens with one attached hydrogen (secondary N) is 1. The number of hydrogen-bond acceptors (Lipinski definition) is 4. The van der Waals surface area contributed by atoms with Crippen LogP contribution in [0.15, 0.2) is 36.4 Å². The molecule has 0 saturated heterocycles. The molecule has 0 aromatic heterocycles. The van der Waals surface area contributed by atoms with Gasteiger partial charge in [0.25, 0.3) is 5.91 Å². The second kappa shape index (κ2) is 6.13. The summed E-state index contributed by atoms with van der Waals surface area (Å²) in [6.07, 6.45) is 0. The van der Waals surface area contributed by atoms with Crippen LogP contribution in [-0.4, -0.2) is 25.2 Å². The average molecular weight is 291 g/mol. The number of ether oxygens (including phenoxy) is 2. The summed E-state index contributed by atoms with van der Waals surface area (Å²) in [7, 11) is 2.96. The first-order valence-corrected chi connectivity index (χ1v) is 6.07. The van der Waals surface area contributed by atoms with E-state index in [4.69, 9.17) is 14.6 Å². The van der Waals surface area contributed by atoms with Crippen molar-refractivity contribution in [3.05, 3.63) is 47.8 Å². The predicted octanol–water partition coefficient (Wildman–Crippen LogP) is 2.80. The number of phenolic OH excluding ortho intramolecular Hbond substituents is 1. The minimum Gasteiger partial charge on any atom is -0.505 e. The van der Waals surface area contributed by atoms with Gasteiger partial charge in [-0.2, -0.15) is 0 Å². The van der Waals surface area contributed by atoms with Crippen LogP contribution >= 0.6 is 0 Å².